The van der Waals surface area contributed by atoms with Gasteiger partial charge in [0.2, 0.25) is 0 Å². The van der Waals surface area contributed by atoms with Gasteiger partial charge in [-0.05, 0) is 43.4 Å². The molecule has 0 aromatic carbocycles. The Balaban J connectivity index is 5.25. The van der Waals surface area contributed by atoms with Gasteiger partial charge in [0.05, 0.1) is 26.4 Å². The van der Waals surface area contributed by atoms with Crippen LogP contribution in [-0.4, -0.2) is 96.7 Å². The summed E-state index contributed by atoms with van der Waals surface area (Å²) in [5.74, 6) is 0.297. The topological polar surface area (TPSA) is 237 Å². The maximum atomic E-state index is 13.2. The van der Waals surface area contributed by atoms with E-state index >= 15 is 0 Å². The first-order valence-corrected chi connectivity index (χ1v) is 49.9. The van der Waals surface area contributed by atoms with Crippen LogP contribution in [0.2, 0.25) is 0 Å². The largest absolute Gasteiger partial charge is 0.472 e. The second kappa shape index (κ2) is 80.8. The second-order valence-corrected chi connectivity index (χ2v) is 36.8. The van der Waals surface area contributed by atoms with Gasteiger partial charge in [0.25, 0.3) is 0 Å². The molecule has 0 heterocycles. The molecule has 6 atom stereocenters. The van der Waals surface area contributed by atoms with Gasteiger partial charge in [-0.2, -0.15) is 0 Å². The fourth-order valence-electron chi connectivity index (χ4n) is 14.2. The predicted molar refractivity (Wildman–Crippen MR) is 455 cm³/mol. The summed E-state index contributed by atoms with van der Waals surface area (Å²) in [4.78, 5) is 73.4. The molecule has 3 unspecified atom stereocenters. The number of hydrogen-bond donors (Lipinski definition) is 3. The van der Waals surface area contributed by atoms with Gasteiger partial charge in [0.1, 0.15) is 19.3 Å². The van der Waals surface area contributed by atoms with Crippen LogP contribution in [0, 0.1) is 17.8 Å². The highest BCUT2D eigenvalue weighted by Gasteiger charge is 2.31. The monoisotopic (exact) mass is 1610 g/mol. The van der Waals surface area contributed by atoms with Crippen LogP contribution < -0.4 is 0 Å². The minimum atomic E-state index is -4.97. The molecule has 19 heteroatoms. The lowest BCUT2D eigenvalue weighted by atomic mass is 9.99. The van der Waals surface area contributed by atoms with Crippen LogP contribution in [0.1, 0.15) is 485 Å². The lowest BCUT2D eigenvalue weighted by Gasteiger charge is -2.21. The third-order valence-electron chi connectivity index (χ3n) is 21.7. The number of esters is 4. The van der Waals surface area contributed by atoms with Gasteiger partial charge in [0.15, 0.2) is 12.2 Å². The Hall–Kier alpha value is -1.94. The van der Waals surface area contributed by atoms with E-state index in [4.69, 9.17) is 37.0 Å². The SMILES string of the molecule is CCCCCCCCCCCCCCCCCCCCCCCCC(=O)O[C@H](COC(=O)CCCCCCCCCCCCCCCCCC(C)C)COP(=O)(O)OC[C@@H](O)COP(=O)(O)OC[C@@H](COC(=O)CCCCCCCCCCCC(C)C)OC(=O)CCCCCCCCCCCCCCCCC(C)CC. The zero-order valence-corrected chi connectivity index (χ0v) is 74.5. The molecule has 17 nitrogen and oxygen atoms in total. The van der Waals surface area contributed by atoms with E-state index in [1.807, 2.05) is 0 Å². The molecule has 0 aliphatic rings. The van der Waals surface area contributed by atoms with Crippen molar-refractivity contribution < 1.29 is 80.2 Å². The van der Waals surface area contributed by atoms with Gasteiger partial charge < -0.3 is 33.8 Å². The highest BCUT2D eigenvalue weighted by Crippen LogP contribution is 2.45. The molecule has 0 bridgehead atoms. The van der Waals surface area contributed by atoms with Crippen molar-refractivity contribution in [3.8, 4) is 0 Å². The Labute approximate surface area is 677 Å². The first kappa shape index (κ1) is 108. The van der Waals surface area contributed by atoms with Gasteiger partial charge in [-0.3, -0.25) is 37.3 Å². The molecule has 110 heavy (non-hydrogen) atoms. The summed E-state index contributed by atoms with van der Waals surface area (Å²) in [7, 11) is -9.94. The van der Waals surface area contributed by atoms with Gasteiger partial charge in [-0.1, -0.05) is 434 Å². The Morgan fingerprint density at radius 2 is 0.464 bits per heavy atom. The standard InChI is InChI=1S/C91H178O17P2/c1-8-10-11-12-13-14-15-16-17-18-19-20-21-22-23-26-33-38-45-53-60-67-74-90(95)107-86(78-101-88(93)72-65-58-51-44-37-32-27-24-25-30-35-41-48-55-62-69-82(3)4)80-105-109(97,98)103-76-85(92)77-104-110(99,100)106-81-87(79-102-89(94)73-66-59-52-47-40-42-49-56-63-70-83(5)6)108-91(96)75-68-61-54-46-39-34-29-28-31-36-43-50-57-64-71-84(7)9-2/h82-87,92H,8-81H2,1-7H3,(H,97,98)(H,99,100)/t84?,85-,86-,87-/m1/s1. The minimum absolute atomic E-state index is 0.107. The zero-order chi connectivity index (χ0) is 80.8. The summed E-state index contributed by atoms with van der Waals surface area (Å²) < 4.78 is 69.1. The van der Waals surface area contributed by atoms with Crippen LogP contribution in [0.4, 0.5) is 0 Å². The van der Waals surface area contributed by atoms with E-state index in [9.17, 15) is 43.2 Å². The molecule has 0 fully saturated rings. The van der Waals surface area contributed by atoms with E-state index in [0.29, 0.717) is 25.7 Å². The fraction of sp³-hybridized carbons (Fsp3) is 0.956. The quantitative estimate of drug-likeness (QED) is 0.0222. The second-order valence-electron chi connectivity index (χ2n) is 33.9. The lowest BCUT2D eigenvalue weighted by molar-refractivity contribution is -0.161. The number of ether oxygens (including phenoxy) is 4. The van der Waals surface area contributed by atoms with E-state index in [2.05, 4.69) is 48.5 Å². The molecule has 0 spiro atoms. The van der Waals surface area contributed by atoms with Crippen molar-refractivity contribution in [2.24, 2.45) is 17.8 Å². The van der Waals surface area contributed by atoms with E-state index in [-0.39, 0.29) is 25.7 Å². The molecule has 0 amide bonds. The number of carbonyl (C=O) groups is 4. The number of phosphoric ester groups is 2. The maximum absolute atomic E-state index is 13.2. The van der Waals surface area contributed by atoms with E-state index < -0.39 is 97.5 Å². The lowest BCUT2D eigenvalue weighted by Crippen LogP contribution is -2.30. The molecule has 0 aromatic rings. The number of hydrogen-bond acceptors (Lipinski definition) is 15. The summed E-state index contributed by atoms with van der Waals surface area (Å²) in [5.41, 5.74) is 0. The molecule has 0 radical (unpaired) electrons. The van der Waals surface area contributed by atoms with E-state index in [1.54, 1.807) is 0 Å². The summed E-state index contributed by atoms with van der Waals surface area (Å²) in [6.07, 6.45) is 73.6. The smallest absolute Gasteiger partial charge is 0.462 e. The molecular formula is C91H178O17P2. The molecule has 0 aromatic heterocycles. The highest BCUT2D eigenvalue weighted by molar-refractivity contribution is 7.47. The van der Waals surface area contributed by atoms with Crippen LogP contribution in [0.15, 0.2) is 0 Å². The minimum Gasteiger partial charge on any atom is -0.462 e. The first-order valence-electron chi connectivity index (χ1n) is 46.9. The van der Waals surface area contributed by atoms with Crippen LogP contribution in [0.5, 0.6) is 0 Å². The maximum Gasteiger partial charge on any atom is 0.472 e. The van der Waals surface area contributed by atoms with Gasteiger partial charge in [0, 0.05) is 25.7 Å². The molecule has 654 valence electrons. The van der Waals surface area contributed by atoms with Crippen LogP contribution in [0.25, 0.3) is 0 Å². The summed E-state index contributed by atoms with van der Waals surface area (Å²) in [6.45, 7) is 12.1. The average molecular weight is 1610 g/mol. The summed E-state index contributed by atoms with van der Waals surface area (Å²) in [5, 5.41) is 10.7. The predicted octanol–water partition coefficient (Wildman–Crippen LogP) is 28.0. The molecule has 3 N–H and O–H groups in total. The Morgan fingerprint density at radius 3 is 0.691 bits per heavy atom. The van der Waals surface area contributed by atoms with Crippen molar-refractivity contribution >= 4 is 39.5 Å². The number of aliphatic hydroxyl groups excluding tert-OH is 1. The van der Waals surface area contributed by atoms with Crippen LogP contribution in [-0.2, 0) is 65.4 Å². The number of unbranched alkanes of at least 4 members (excludes halogenated alkanes) is 56. The van der Waals surface area contributed by atoms with E-state index in [1.165, 1.54) is 295 Å². The van der Waals surface area contributed by atoms with Crippen LogP contribution >= 0.6 is 15.6 Å². The zero-order valence-electron chi connectivity index (χ0n) is 72.7. The van der Waals surface area contributed by atoms with Gasteiger partial charge in [-0.25, -0.2) is 9.13 Å². The van der Waals surface area contributed by atoms with E-state index in [0.717, 1.165) is 108 Å². The average Bonchev–Trinajstić information content (AvgIpc) is 0.902. The number of phosphoric acid groups is 2. The number of aliphatic hydroxyl groups is 1. The third kappa shape index (κ3) is 82.6. The molecular weight excluding hydrogens is 1430 g/mol. The van der Waals surface area contributed by atoms with Crippen molar-refractivity contribution in [2.45, 2.75) is 503 Å². The van der Waals surface area contributed by atoms with Crippen molar-refractivity contribution in [1.82, 2.24) is 0 Å². The molecule has 0 rings (SSSR count). The summed E-state index contributed by atoms with van der Waals surface area (Å²) >= 11 is 0. The molecule has 0 aliphatic carbocycles. The third-order valence-corrected chi connectivity index (χ3v) is 23.6. The highest BCUT2D eigenvalue weighted by atomic mass is 31.2. The van der Waals surface area contributed by atoms with Crippen molar-refractivity contribution in [1.29, 1.82) is 0 Å². The van der Waals surface area contributed by atoms with Crippen molar-refractivity contribution in [3.05, 3.63) is 0 Å². The number of carbonyl (C=O) groups excluding carboxylic acids is 4. The normalized spacial score (nSPS) is 14.0. The fourth-order valence-corrected chi connectivity index (χ4v) is 15.8. The van der Waals surface area contributed by atoms with Crippen molar-refractivity contribution in [2.75, 3.05) is 39.6 Å². The first-order chi connectivity index (χ1) is 53.3. The summed E-state index contributed by atoms with van der Waals surface area (Å²) in [6, 6.07) is 0. The Morgan fingerprint density at radius 1 is 0.264 bits per heavy atom. The van der Waals surface area contributed by atoms with Crippen molar-refractivity contribution in [3.63, 3.8) is 0 Å². The van der Waals surface area contributed by atoms with Gasteiger partial charge >= 0.3 is 39.5 Å². The Kier molecular flexibility index (Phi) is 79.4. The molecule has 0 saturated carbocycles. The molecule has 0 aliphatic heterocycles. The molecule has 0 saturated heterocycles. The Bertz CT molecular complexity index is 2120. The van der Waals surface area contributed by atoms with Gasteiger partial charge in [-0.15, -0.1) is 0 Å². The van der Waals surface area contributed by atoms with Crippen LogP contribution in [0.3, 0.4) is 0 Å². The number of rotatable bonds is 89.